The number of nitrogen functional groups attached to an aromatic ring is 1. The summed E-state index contributed by atoms with van der Waals surface area (Å²) in [6.07, 6.45) is 0. The Labute approximate surface area is 215 Å². The quantitative estimate of drug-likeness (QED) is 0.210. The number of carbonyl (C=O) groups is 1. The van der Waals surface area contributed by atoms with Crippen molar-refractivity contribution in [2.24, 2.45) is 0 Å². The SMILES string of the molecule is [C-]#[N+]c1c(N)nc(SCc2nc(-c3ccccc3)oc2C(=O)O)c(C#N)c1-c1ccc(OCCO)cc1. The van der Waals surface area contributed by atoms with Crippen LogP contribution in [0.4, 0.5) is 11.5 Å². The fourth-order valence-electron chi connectivity index (χ4n) is 3.51. The zero-order chi connectivity index (χ0) is 26.4. The van der Waals surface area contributed by atoms with E-state index in [1.54, 1.807) is 48.5 Å². The fraction of sp³-hybridized carbons (Fsp3) is 0.115. The Morgan fingerprint density at radius 2 is 1.89 bits per heavy atom. The Morgan fingerprint density at radius 1 is 1.16 bits per heavy atom. The summed E-state index contributed by atoms with van der Waals surface area (Å²) in [7, 11) is 0. The average molecular weight is 514 g/mol. The van der Waals surface area contributed by atoms with Crippen LogP contribution in [0.25, 0.3) is 27.4 Å². The summed E-state index contributed by atoms with van der Waals surface area (Å²) in [4.78, 5) is 23.9. The monoisotopic (exact) mass is 513 g/mol. The molecule has 0 aliphatic rings. The number of hydrogen-bond donors (Lipinski definition) is 3. The lowest BCUT2D eigenvalue weighted by molar-refractivity contribution is 0.0662. The lowest BCUT2D eigenvalue weighted by Gasteiger charge is -2.13. The van der Waals surface area contributed by atoms with Gasteiger partial charge in [-0.15, -0.1) is 0 Å². The number of pyridine rings is 1. The van der Waals surface area contributed by atoms with Gasteiger partial charge in [-0.3, -0.25) is 0 Å². The molecule has 0 aliphatic carbocycles. The number of carboxylic acid groups (broad SMARTS) is 1. The molecule has 0 radical (unpaired) electrons. The number of thioether (sulfide) groups is 1. The van der Waals surface area contributed by atoms with E-state index in [1.807, 2.05) is 6.07 Å². The molecule has 11 heteroatoms. The molecule has 0 bridgehead atoms. The van der Waals surface area contributed by atoms with Gasteiger partial charge < -0.3 is 25.1 Å². The molecule has 0 aliphatic heterocycles. The van der Waals surface area contributed by atoms with Crippen molar-refractivity contribution >= 4 is 29.2 Å². The molecule has 0 saturated heterocycles. The summed E-state index contributed by atoms with van der Waals surface area (Å²) in [6, 6.07) is 17.7. The number of oxazole rings is 1. The second-order valence-electron chi connectivity index (χ2n) is 7.48. The molecule has 0 atom stereocenters. The zero-order valence-electron chi connectivity index (χ0n) is 19.2. The van der Waals surface area contributed by atoms with Crippen molar-refractivity contribution < 1.29 is 24.2 Å². The van der Waals surface area contributed by atoms with Crippen molar-refractivity contribution in [1.29, 1.82) is 5.26 Å². The van der Waals surface area contributed by atoms with Crippen LogP contribution in [0.3, 0.4) is 0 Å². The van der Waals surface area contributed by atoms with Gasteiger partial charge in [0, 0.05) is 16.9 Å². The third kappa shape index (κ3) is 5.38. The van der Waals surface area contributed by atoms with Gasteiger partial charge >= 0.3 is 5.97 Å². The number of nitriles is 1. The molecule has 4 N–H and O–H groups in total. The van der Waals surface area contributed by atoms with Gasteiger partial charge in [0.1, 0.15) is 35.0 Å². The van der Waals surface area contributed by atoms with Crippen LogP contribution in [0.15, 0.2) is 64.0 Å². The van der Waals surface area contributed by atoms with Crippen molar-refractivity contribution in [2.45, 2.75) is 10.8 Å². The average Bonchev–Trinajstić information content (AvgIpc) is 3.36. The van der Waals surface area contributed by atoms with E-state index in [0.717, 1.165) is 11.8 Å². The molecule has 4 rings (SSSR count). The third-order valence-electron chi connectivity index (χ3n) is 5.15. The van der Waals surface area contributed by atoms with Crippen LogP contribution in [0.5, 0.6) is 5.75 Å². The summed E-state index contributed by atoms with van der Waals surface area (Å²) >= 11 is 1.07. The number of anilines is 1. The van der Waals surface area contributed by atoms with Crippen LogP contribution in [-0.4, -0.2) is 39.4 Å². The molecule has 37 heavy (non-hydrogen) atoms. The molecule has 2 aromatic carbocycles. The minimum absolute atomic E-state index is 0.0314. The zero-order valence-corrected chi connectivity index (χ0v) is 20.0. The predicted molar refractivity (Wildman–Crippen MR) is 136 cm³/mol. The predicted octanol–water partition coefficient (Wildman–Crippen LogP) is 4.77. The highest BCUT2D eigenvalue weighted by molar-refractivity contribution is 7.98. The number of hydrogen-bond acceptors (Lipinski definition) is 9. The number of nitrogens with zero attached hydrogens (tertiary/aromatic N) is 4. The smallest absolute Gasteiger partial charge is 0.373 e. The van der Waals surface area contributed by atoms with Gasteiger partial charge in [0.15, 0.2) is 0 Å². The van der Waals surface area contributed by atoms with E-state index in [4.69, 9.17) is 26.6 Å². The van der Waals surface area contributed by atoms with Crippen LogP contribution in [0.1, 0.15) is 21.8 Å². The van der Waals surface area contributed by atoms with E-state index in [9.17, 15) is 15.2 Å². The summed E-state index contributed by atoms with van der Waals surface area (Å²) in [5.74, 6) is -0.937. The lowest BCUT2D eigenvalue weighted by atomic mass is 10.00. The molecule has 0 amide bonds. The lowest BCUT2D eigenvalue weighted by Crippen LogP contribution is -2.02. The second kappa shape index (κ2) is 11.3. The van der Waals surface area contributed by atoms with Crippen molar-refractivity contribution in [3.8, 4) is 34.4 Å². The number of nitrogens with two attached hydrogens (primary N) is 1. The maximum absolute atomic E-state index is 11.8. The van der Waals surface area contributed by atoms with Crippen LogP contribution in [0.2, 0.25) is 0 Å². The first-order valence-corrected chi connectivity index (χ1v) is 11.8. The van der Waals surface area contributed by atoms with Gasteiger partial charge in [-0.2, -0.15) is 5.26 Å². The molecule has 2 aromatic heterocycles. The molecule has 2 heterocycles. The van der Waals surface area contributed by atoms with E-state index in [0.29, 0.717) is 22.4 Å². The Morgan fingerprint density at radius 3 is 2.51 bits per heavy atom. The van der Waals surface area contributed by atoms with Crippen molar-refractivity contribution in [3.63, 3.8) is 0 Å². The highest BCUT2D eigenvalue weighted by atomic mass is 32.2. The summed E-state index contributed by atoms with van der Waals surface area (Å²) in [5.41, 5.74) is 7.89. The van der Waals surface area contributed by atoms with Crippen molar-refractivity contribution in [3.05, 3.63) is 83.0 Å². The maximum atomic E-state index is 11.8. The first-order valence-electron chi connectivity index (χ1n) is 10.8. The van der Waals surface area contributed by atoms with Crippen LogP contribution >= 0.6 is 11.8 Å². The summed E-state index contributed by atoms with van der Waals surface area (Å²) < 4.78 is 10.9. The first-order chi connectivity index (χ1) is 18.0. The van der Waals surface area contributed by atoms with Crippen LogP contribution in [-0.2, 0) is 5.75 Å². The largest absolute Gasteiger partial charge is 0.491 e. The number of aromatic carboxylic acids is 1. The number of rotatable bonds is 9. The standard InChI is InChI=1S/C26H19N5O5S/c1-29-21-20(15-7-9-17(10-8-15)35-12-11-32)18(13-27)25(31-23(21)28)37-14-19-22(26(33)34)36-24(30-19)16-5-3-2-4-6-16/h2-10,32H,11-12,14H2,(H2,28,31)(H,33,34). The molecule has 0 spiro atoms. The summed E-state index contributed by atoms with van der Waals surface area (Å²) in [6.45, 7) is 7.59. The Hall–Kier alpha value is -4.84. The maximum Gasteiger partial charge on any atom is 0.373 e. The van der Waals surface area contributed by atoms with Gasteiger partial charge in [0.05, 0.1) is 18.7 Å². The molecule has 184 valence electrons. The Bertz CT molecular complexity index is 1520. The second-order valence-corrected chi connectivity index (χ2v) is 8.44. The first kappa shape index (κ1) is 25.3. The fourth-order valence-corrected chi connectivity index (χ4v) is 4.44. The van der Waals surface area contributed by atoms with E-state index >= 15 is 0 Å². The highest BCUT2D eigenvalue weighted by Gasteiger charge is 2.24. The minimum atomic E-state index is -1.27. The minimum Gasteiger partial charge on any atom is -0.491 e. The van der Waals surface area contributed by atoms with Crippen molar-refractivity contribution in [2.75, 3.05) is 18.9 Å². The van der Waals surface area contributed by atoms with Gasteiger partial charge in [0.25, 0.3) is 0 Å². The third-order valence-corrected chi connectivity index (χ3v) is 6.14. The molecular weight excluding hydrogens is 494 g/mol. The van der Waals surface area contributed by atoms with E-state index < -0.39 is 5.97 Å². The molecule has 0 unspecified atom stereocenters. The van der Waals surface area contributed by atoms with E-state index in [-0.39, 0.29) is 58.4 Å². The van der Waals surface area contributed by atoms with Gasteiger partial charge in [0.2, 0.25) is 17.3 Å². The number of benzene rings is 2. The summed E-state index contributed by atoms with van der Waals surface area (Å²) in [5, 5.41) is 28.8. The van der Waals surface area contributed by atoms with Crippen molar-refractivity contribution in [1.82, 2.24) is 9.97 Å². The number of aromatic nitrogens is 2. The Balaban J connectivity index is 1.71. The van der Waals surface area contributed by atoms with Gasteiger partial charge in [-0.05, 0) is 29.8 Å². The number of aliphatic hydroxyl groups is 1. The Kier molecular flexibility index (Phi) is 7.69. The van der Waals surface area contributed by atoms with Crippen LogP contribution in [0, 0.1) is 17.9 Å². The topological polar surface area (TPSA) is 160 Å². The van der Waals surface area contributed by atoms with Crippen LogP contribution < -0.4 is 10.5 Å². The molecular formula is C26H19N5O5S. The number of carboxylic acids is 1. The van der Waals surface area contributed by atoms with Gasteiger partial charge in [-0.25, -0.2) is 19.6 Å². The number of ether oxygens (including phenoxy) is 1. The normalized spacial score (nSPS) is 10.5. The van der Waals surface area contributed by atoms with Gasteiger partial charge in [-0.1, -0.05) is 42.1 Å². The molecule has 4 aromatic rings. The van der Waals surface area contributed by atoms with E-state index in [2.05, 4.69) is 20.9 Å². The van der Waals surface area contributed by atoms with E-state index in [1.165, 1.54) is 0 Å². The molecule has 10 nitrogen and oxygen atoms in total. The highest BCUT2D eigenvalue weighted by Crippen LogP contribution is 2.42. The molecule has 0 saturated carbocycles. The number of aliphatic hydroxyl groups excluding tert-OH is 1. The molecule has 0 fully saturated rings.